The van der Waals surface area contributed by atoms with Crippen LogP contribution in [0.2, 0.25) is 0 Å². The monoisotopic (exact) mass is 397 g/mol. The van der Waals surface area contributed by atoms with Crippen molar-refractivity contribution in [3.63, 3.8) is 0 Å². The Morgan fingerprint density at radius 2 is 2.00 bits per heavy atom. The lowest BCUT2D eigenvalue weighted by Crippen LogP contribution is -2.29. The predicted octanol–water partition coefficient (Wildman–Crippen LogP) is 3.48. The second kappa shape index (κ2) is 8.64. The van der Waals surface area contributed by atoms with Crippen LogP contribution in [0.25, 0.3) is 0 Å². The molecule has 0 atom stereocenters. The van der Waals surface area contributed by atoms with Gasteiger partial charge in [0.05, 0.1) is 0 Å². The summed E-state index contributed by atoms with van der Waals surface area (Å²) in [6.45, 7) is 0.315. The van der Waals surface area contributed by atoms with Crippen LogP contribution in [0.1, 0.15) is 23.3 Å². The molecule has 2 amide bonds. The third-order valence-corrected chi connectivity index (χ3v) is 4.36. The van der Waals surface area contributed by atoms with Crippen LogP contribution in [-0.4, -0.2) is 28.6 Å². The molecule has 0 bridgehead atoms. The summed E-state index contributed by atoms with van der Waals surface area (Å²) in [7, 11) is 0. The van der Waals surface area contributed by atoms with E-state index in [0.717, 1.165) is 15.8 Å². The Kier molecular flexibility index (Phi) is 6.54. The summed E-state index contributed by atoms with van der Waals surface area (Å²) in [5.74, 6) is -0.871. The number of carboxylic acid groups (broad SMARTS) is 1. The molecule has 0 aliphatic rings. The molecule has 1 aromatic heterocycles. The van der Waals surface area contributed by atoms with Crippen molar-refractivity contribution in [1.82, 2.24) is 10.3 Å². The average molecular weight is 398 g/mol. The zero-order chi connectivity index (χ0) is 16.7. The van der Waals surface area contributed by atoms with Gasteiger partial charge in [0, 0.05) is 34.9 Å². The summed E-state index contributed by atoms with van der Waals surface area (Å²) in [6, 6.07) is 7.66. The molecular weight excluding hydrogens is 382 g/mol. The first-order chi connectivity index (χ1) is 11.0. The van der Waals surface area contributed by atoms with Crippen LogP contribution in [0.3, 0.4) is 0 Å². The van der Waals surface area contributed by atoms with E-state index in [1.54, 1.807) is 6.20 Å². The number of aliphatic carboxylic acids is 1. The number of hydrogen-bond donors (Lipinski definition) is 3. The van der Waals surface area contributed by atoms with Crippen molar-refractivity contribution in [2.45, 2.75) is 19.3 Å². The molecular formula is C15H16BrN3O3S. The van der Waals surface area contributed by atoms with Gasteiger partial charge in [0.15, 0.2) is 5.13 Å². The number of nitrogens with one attached hydrogen (secondary N) is 2. The smallest absolute Gasteiger partial charge is 0.321 e. The molecule has 0 unspecified atom stereocenters. The Balaban J connectivity index is 1.78. The first kappa shape index (κ1) is 17.4. The minimum Gasteiger partial charge on any atom is -0.481 e. The Morgan fingerprint density at radius 1 is 1.26 bits per heavy atom. The highest BCUT2D eigenvalue weighted by molar-refractivity contribution is 9.10. The van der Waals surface area contributed by atoms with Crippen LogP contribution in [-0.2, 0) is 11.2 Å². The van der Waals surface area contributed by atoms with Gasteiger partial charge >= 0.3 is 12.0 Å². The second-order valence-electron chi connectivity index (χ2n) is 4.81. The zero-order valence-electron chi connectivity index (χ0n) is 12.2. The summed E-state index contributed by atoms with van der Waals surface area (Å²) in [4.78, 5) is 27.2. The van der Waals surface area contributed by atoms with Crippen molar-refractivity contribution in [1.29, 1.82) is 0 Å². The molecule has 0 radical (unpaired) electrons. The minimum absolute atomic E-state index is 0.0366. The summed E-state index contributed by atoms with van der Waals surface area (Å²) < 4.78 is 1.03. The van der Waals surface area contributed by atoms with Crippen LogP contribution in [0.4, 0.5) is 9.93 Å². The van der Waals surface area contributed by atoms with E-state index in [2.05, 4.69) is 31.5 Å². The fraction of sp³-hybridized carbons (Fsp3) is 0.267. The van der Waals surface area contributed by atoms with Gasteiger partial charge in [0.2, 0.25) is 0 Å². The van der Waals surface area contributed by atoms with Crippen LogP contribution >= 0.6 is 27.3 Å². The lowest BCUT2D eigenvalue weighted by molar-refractivity contribution is -0.137. The van der Waals surface area contributed by atoms with Gasteiger partial charge in [0.1, 0.15) is 0 Å². The van der Waals surface area contributed by atoms with Crippen LogP contribution in [0.15, 0.2) is 34.9 Å². The van der Waals surface area contributed by atoms with Crippen molar-refractivity contribution in [2.24, 2.45) is 0 Å². The third kappa shape index (κ3) is 6.37. The number of benzene rings is 1. The maximum atomic E-state index is 11.7. The van der Waals surface area contributed by atoms with E-state index in [1.165, 1.54) is 16.9 Å². The maximum Gasteiger partial charge on any atom is 0.321 e. The number of urea groups is 1. The Hall–Kier alpha value is -1.93. The number of carboxylic acids is 1. The Bertz CT molecular complexity index is 673. The van der Waals surface area contributed by atoms with Crippen molar-refractivity contribution >= 4 is 44.4 Å². The van der Waals surface area contributed by atoms with Crippen molar-refractivity contribution < 1.29 is 14.7 Å². The first-order valence-corrected chi connectivity index (χ1v) is 8.59. The molecule has 23 heavy (non-hydrogen) atoms. The number of amides is 2. The molecule has 2 aromatic rings. The molecule has 0 saturated carbocycles. The van der Waals surface area contributed by atoms with E-state index in [9.17, 15) is 9.59 Å². The normalized spacial score (nSPS) is 10.3. The van der Waals surface area contributed by atoms with Gasteiger partial charge in [-0.15, -0.1) is 11.3 Å². The molecule has 6 nitrogen and oxygen atoms in total. The fourth-order valence-electron chi connectivity index (χ4n) is 1.83. The summed E-state index contributed by atoms with van der Waals surface area (Å²) in [5, 5.41) is 14.3. The SMILES string of the molecule is O=C(O)CCCNC(=O)Nc1ncc(Cc2ccc(Br)cc2)s1. The molecule has 2 rings (SSSR count). The van der Waals surface area contributed by atoms with E-state index in [1.807, 2.05) is 24.3 Å². The molecule has 1 aromatic carbocycles. The van der Waals surface area contributed by atoms with Crippen molar-refractivity contribution in [3.8, 4) is 0 Å². The molecule has 0 fully saturated rings. The largest absolute Gasteiger partial charge is 0.481 e. The van der Waals surface area contributed by atoms with E-state index in [-0.39, 0.29) is 12.5 Å². The van der Waals surface area contributed by atoms with Gasteiger partial charge in [-0.1, -0.05) is 28.1 Å². The number of hydrogen-bond acceptors (Lipinski definition) is 4. The van der Waals surface area contributed by atoms with Crippen molar-refractivity contribution in [2.75, 3.05) is 11.9 Å². The number of rotatable bonds is 7. The van der Waals surface area contributed by atoms with E-state index in [0.29, 0.717) is 18.1 Å². The van der Waals surface area contributed by atoms with E-state index >= 15 is 0 Å². The first-order valence-electron chi connectivity index (χ1n) is 6.99. The van der Waals surface area contributed by atoms with Gasteiger partial charge in [-0.2, -0.15) is 0 Å². The number of anilines is 1. The number of halogens is 1. The molecule has 3 N–H and O–H groups in total. The molecule has 1 heterocycles. The number of carbonyl (C=O) groups excluding carboxylic acids is 1. The number of thiazole rings is 1. The fourth-order valence-corrected chi connectivity index (χ4v) is 2.94. The zero-order valence-corrected chi connectivity index (χ0v) is 14.6. The molecule has 0 aliphatic heterocycles. The predicted molar refractivity (Wildman–Crippen MR) is 93.0 cm³/mol. The van der Waals surface area contributed by atoms with E-state index in [4.69, 9.17) is 5.11 Å². The van der Waals surface area contributed by atoms with Gasteiger partial charge in [-0.25, -0.2) is 9.78 Å². The standard InChI is InChI=1S/C15H16BrN3O3S/c16-11-5-3-10(4-6-11)8-12-9-18-15(23-12)19-14(22)17-7-1-2-13(20)21/h3-6,9H,1-2,7-8H2,(H,20,21)(H2,17,18,19,22). The lowest BCUT2D eigenvalue weighted by Gasteiger charge is -2.03. The maximum absolute atomic E-state index is 11.7. The molecule has 0 saturated heterocycles. The number of nitrogens with zero attached hydrogens (tertiary/aromatic N) is 1. The highest BCUT2D eigenvalue weighted by Gasteiger charge is 2.07. The average Bonchev–Trinajstić information content (AvgIpc) is 2.93. The topological polar surface area (TPSA) is 91.3 Å². The highest BCUT2D eigenvalue weighted by atomic mass is 79.9. The second-order valence-corrected chi connectivity index (χ2v) is 6.84. The molecule has 122 valence electrons. The quantitative estimate of drug-likeness (QED) is 0.623. The van der Waals surface area contributed by atoms with Crippen molar-refractivity contribution in [3.05, 3.63) is 45.4 Å². The van der Waals surface area contributed by atoms with E-state index < -0.39 is 5.97 Å². The van der Waals surface area contributed by atoms with Gasteiger partial charge < -0.3 is 10.4 Å². The summed E-state index contributed by atoms with van der Waals surface area (Å²) >= 11 is 4.81. The molecule has 0 spiro atoms. The summed E-state index contributed by atoms with van der Waals surface area (Å²) in [6.07, 6.45) is 2.93. The van der Waals surface area contributed by atoms with Gasteiger partial charge in [-0.3, -0.25) is 10.1 Å². The minimum atomic E-state index is -0.871. The van der Waals surface area contributed by atoms with Gasteiger partial charge in [0.25, 0.3) is 0 Å². The van der Waals surface area contributed by atoms with Crippen LogP contribution in [0, 0.1) is 0 Å². The number of carbonyl (C=O) groups is 2. The Morgan fingerprint density at radius 3 is 2.70 bits per heavy atom. The van der Waals surface area contributed by atoms with Crippen LogP contribution < -0.4 is 10.6 Å². The van der Waals surface area contributed by atoms with Gasteiger partial charge in [-0.05, 0) is 24.1 Å². The molecule has 0 aliphatic carbocycles. The van der Waals surface area contributed by atoms with Crippen LogP contribution in [0.5, 0.6) is 0 Å². The number of aromatic nitrogens is 1. The third-order valence-electron chi connectivity index (χ3n) is 2.92. The summed E-state index contributed by atoms with van der Waals surface area (Å²) in [5.41, 5.74) is 1.17. The highest BCUT2D eigenvalue weighted by Crippen LogP contribution is 2.22. The molecule has 8 heteroatoms. The Labute approximate surface area is 146 Å². The lowest BCUT2D eigenvalue weighted by atomic mass is 10.1.